The number of hydrogen-bond donors (Lipinski definition) is 0. The molecule has 66 valence electrons. The lowest BCUT2D eigenvalue weighted by Gasteiger charge is -2.08. The maximum Gasteiger partial charge on any atom is 0.389 e. The van der Waals surface area contributed by atoms with Crippen LogP contribution in [0.2, 0.25) is 0 Å². The molecule has 0 saturated heterocycles. The van der Waals surface area contributed by atoms with Crippen LogP contribution in [0.15, 0.2) is 0 Å². The molecule has 0 heterocycles. The molecule has 0 aliphatic carbocycles. The minimum Gasteiger partial charge on any atom is -0.550 e. The second kappa shape index (κ2) is 4.05. The molecule has 0 bridgehead atoms. The van der Waals surface area contributed by atoms with E-state index in [1.165, 1.54) is 0 Å². The second-order valence-electron chi connectivity index (χ2n) is 1.82. The number of hydrogen-bond acceptors (Lipinski definition) is 3. The molecule has 3 nitrogen and oxygen atoms in total. The Labute approximate surface area is 60.8 Å². The zero-order chi connectivity index (χ0) is 8.91. The summed E-state index contributed by atoms with van der Waals surface area (Å²) in [5.41, 5.74) is 0. The van der Waals surface area contributed by atoms with Gasteiger partial charge in [-0.2, -0.15) is 13.2 Å². The highest BCUT2D eigenvalue weighted by Crippen LogP contribution is 2.20. The summed E-state index contributed by atoms with van der Waals surface area (Å²) in [7, 11) is 0. The topological polar surface area (TPSA) is 49.4 Å². The molecule has 0 aromatic carbocycles. The molecule has 0 aromatic heterocycles. The van der Waals surface area contributed by atoms with Gasteiger partial charge in [-0.1, -0.05) is 0 Å². The van der Waals surface area contributed by atoms with Gasteiger partial charge in [0.15, 0.2) is 0 Å². The second-order valence-corrected chi connectivity index (χ2v) is 1.82. The SMILES string of the molecule is O=C([O-])OCCCC(F)(F)F. The fourth-order valence-electron chi connectivity index (χ4n) is 0.428. The van der Waals surface area contributed by atoms with Crippen LogP contribution < -0.4 is 5.11 Å². The van der Waals surface area contributed by atoms with Crippen LogP contribution in [0.25, 0.3) is 0 Å². The Morgan fingerprint density at radius 1 is 1.45 bits per heavy atom. The highest BCUT2D eigenvalue weighted by molar-refractivity contribution is 5.53. The van der Waals surface area contributed by atoms with E-state index in [0.29, 0.717) is 0 Å². The largest absolute Gasteiger partial charge is 0.550 e. The van der Waals surface area contributed by atoms with E-state index in [1.54, 1.807) is 0 Å². The minimum absolute atomic E-state index is 0.364. The van der Waals surface area contributed by atoms with Gasteiger partial charge in [-0.05, 0) is 6.42 Å². The van der Waals surface area contributed by atoms with Crippen molar-refractivity contribution >= 4 is 6.16 Å². The summed E-state index contributed by atoms with van der Waals surface area (Å²) in [5.74, 6) is 0. The Kier molecular flexibility index (Phi) is 3.70. The Morgan fingerprint density at radius 2 is 2.00 bits per heavy atom. The van der Waals surface area contributed by atoms with Gasteiger partial charge >= 0.3 is 6.18 Å². The first-order chi connectivity index (χ1) is 4.92. The normalized spacial score (nSPS) is 11.2. The van der Waals surface area contributed by atoms with Gasteiger partial charge in [0, 0.05) is 13.0 Å². The van der Waals surface area contributed by atoms with Crippen molar-refractivity contribution in [2.24, 2.45) is 0 Å². The standard InChI is InChI=1S/C5H7F3O3/c6-5(7,8)2-1-3-11-4(9)10/h1-3H2,(H,9,10)/p-1. The molecule has 0 aliphatic rings. The van der Waals surface area contributed by atoms with Gasteiger partial charge < -0.3 is 14.6 Å². The molecule has 0 N–H and O–H groups in total. The Hall–Kier alpha value is -0.940. The fraction of sp³-hybridized carbons (Fsp3) is 0.800. The summed E-state index contributed by atoms with van der Waals surface area (Å²) >= 11 is 0. The molecule has 0 spiro atoms. The van der Waals surface area contributed by atoms with Gasteiger partial charge in [-0.3, -0.25) is 0 Å². The highest BCUT2D eigenvalue weighted by atomic mass is 19.4. The quantitative estimate of drug-likeness (QED) is 0.463. The van der Waals surface area contributed by atoms with Gasteiger partial charge in [-0.25, -0.2) is 0 Å². The third-order valence-corrected chi connectivity index (χ3v) is 0.825. The summed E-state index contributed by atoms with van der Waals surface area (Å²) in [6, 6.07) is 0. The smallest absolute Gasteiger partial charge is 0.389 e. The number of rotatable bonds is 3. The van der Waals surface area contributed by atoms with E-state index in [9.17, 15) is 23.1 Å². The van der Waals surface area contributed by atoms with Gasteiger partial charge in [0.25, 0.3) is 6.16 Å². The molecule has 0 aliphatic heterocycles. The summed E-state index contributed by atoms with van der Waals surface area (Å²) in [4.78, 5) is 9.51. The van der Waals surface area contributed by atoms with E-state index < -0.39 is 25.4 Å². The Morgan fingerprint density at radius 3 is 2.36 bits per heavy atom. The molecule has 0 fully saturated rings. The first-order valence-electron chi connectivity index (χ1n) is 2.82. The van der Waals surface area contributed by atoms with Gasteiger partial charge in [-0.15, -0.1) is 0 Å². The third kappa shape index (κ3) is 9.06. The van der Waals surface area contributed by atoms with Crippen molar-refractivity contribution in [3.63, 3.8) is 0 Å². The zero-order valence-electron chi connectivity index (χ0n) is 5.48. The van der Waals surface area contributed by atoms with Crippen LogP contribution in [-0.4, -0.2) is 18.9 Å². The van der Waals surface area contributed by atoms with Crippen LogP contribution in [-0.2, 0) is 4.74 Å². The molecule has 11 heavy (non-hydrogen) atoms. The van der Waals surface area contributed by atoms with Crippen molar-refractivity contribution < 1.29 is 27.8 Å². The van der Waals surface area contributed by atoms with Crippen LogP contribution in [0.3, 0.4) is 0 Å². The molecule has 0 atom stereocenters. The molecule has 0 unspecified atom stereocenters. The first-order valence-corrected chi connectivity index (χ1v) is 2.82. The van der Waals surface area contributed by atoms with Crippen molar-refractivity contribution in [1.29, 1.82) is 0 Å². The third-order valence-electron chi connectivity index (χ3n) is 0.825. The van der Waals surface area contributed by atoms with Crippen molar-refractivity contribution in [1.82, 2.24) is 0 Å². The van der Waals surface area contributed by atoms with Crippen LogP contribution in [0.1, 0.15) is 12.8 Å². The Balaban J connectivity index is 3.22. The summed E-state index contributed by atoms with van der Waals surface area (Å²) in [5, 5.41) is 9.51. The average Bonchev–Trinajstić information content (AvgIpc) is 1.78. The fourth-order valence-corrected chi connectivity index (χ4v) is 0.428. The van der Waals surface area contributed by atoms with Gasteiger partial charge in [0.05, 0.1) is 0 Å². The van der Waals surface area contributed by atoms with E-state index in [2.05, 4.69) is 4.74 Å². The van der Waals surface area contributed by atoms with Crippen LogP contribution in [0.4, 0.5) is 18.0 Å². The van der Waals surface area contributed by atoms with Gasteiger partial charge in [0.2, 0.25) is 0 Å². The molecule has 0 amide bonds. The molecular weight excluding hydrogens is 165 g/mol. The number of alkyl halides is 3. The summed E-state index contributed by atoms with van der Waals surface area (Å²) in [6.07, 6.45) is -7.46. The van der Waals surface area contributed by atoms with Crippen LogP contribution in [0.5, 0.6) is 0 Å². The molecule has 0 aromatic rings. The number of carbonyl (C=O) groups is 1. The number of halogens is 3. The summed E-state index contributed by atoms with van der Waals surface area (Å²) in [6.45, 7) is -0.470. The molecule has 0 saturated carbocycles. The monoisotopic (exact) mass is 171 g/mol. The van der Waals surface area contributed by atoms with Crippen LogP contribution >= 0.6 is 0 Å². The van der Waals surface area contributed by atoms with Crippen molar-refractivity contribution in [2.45, 2.75) is 19.0 Å². The molecule has 0 rings (SSSR count). The minimum atomic E-state index is -4.25. The first kappa shape index (κ1) is 10.1. The predicted octanol–water partition coefficient (Wildman–Crippen LogP) is 0.689. The number of carboxylic acid groups (broad SMARTS) is 1. The molecular formula is C5H6F3O3-. The van der Waals surface area contributed by atoms with E-state index in [4.69, 9.17) is 0 Å². The van der Waals surface area contributed by atoms with E-state index >= 15 is 0 Å². The Bertz CT molecular complexity index is 131. The number of ether oxygens (including phenoxy) is 1. The zero-order valence-corrected chi connectivity index (χ0v) is 5.48. The van der Waals surface area contributed by atoms with Crippen molar-refractivity contribution in [3.05, 3.63) is 0 Å². The lowest BCUT2D eigenvalue weighted by molar-refractivity contribution is -0.283. The molecule has 0 radical (unpaired) electrons. The number of carbonyl (C=O) groups excluding carboxylic acids is 1. The molecule has 6 heteroatoms. The predicted molar refractivity (Wildman–Crippen MR) is 26.6 cm³/mol. The van der Waals surface area contributed by atoms with Crippen LogP contribution in [0, 0.1) is 0 Å². The van der Waals surface area contributed by atoms with Crippen molar-refractivity contribution in [3.8, 4) is 0 Å². The van der Waals surface area contributed by atoms with Crippen molar-refractivity contribution in [2.75, 3.05) is 6.61 Å². The maximum absolute atomic E-state index is 11.4. The van der Waals surface area contributed by atoms with E-state index in [-0.39, 0.29) is 6.42 Å². The maximum atomic E-state index is 11.4. The average molecular weight is 171 g/mol. The lowest BCUT2D eigenvalue weighted by atomic mass is 10.3. The highest BCUT2D eigenvalue weighted by Gasteiger charge is 2.25. The lowest BCUT2D eigenvalue weighted by Crippen LogP contribution is -2.24. The van der Waals surface area contributed by atoms with E-state index in [0.717, 1.165) is 0 Å². The van der Waals surface area contributed by atoms with Gasteiger partial charge in [0.1, 0.15) is 0 Å². The van der Waals surface area contributed by atoms with E-state index in [1.807, 2.05) is 0 Å². The summed E-state index contributed by atoms with van der Waals surface area (Å²) < 4.78 is 37.8.